The zero-order chi connectivity index (χ0) is 36.5. The molecule has 0 atom stereocenters. The minimum Gasteiger partial charge on any atom is -0.456 e. The second kappa shape index (κ2) is 11.0. The highest BCUT2D eigenvalue weighted by molar-refractivity contribution is 6.29. The maximum absolute atomic E-state index is 6.55. The van der Waals surface area contributed by atoms with E-state index in [4.69, 9.17) is 4.42 Å². The normalized spacial score (nSPS) is 12.3. The summed E-state index contributed by atoms with van der Waals surface area (Å²) in [4.78, 5) is 0. The Morgan fingerprint density at radius 1 is 0.286 bits per heavy atom. The minimum atomic E-state index is 0.875. The summed E-state index contributed by atoms with van der Waals surface area (Å²) in [7, 11) is 0. The van der Waals surface area contributed by atoms with Crippen LogP contribution in [0.15, 0.2) is 192 Å². The van der Waals surface area contributed by atoms with Crippen molar-refractivity contribution in [1.29, 1.82) is 0 Å². The van der Waals surface area contributed by atoms with E-state index in [-0.39, 0.29) is 0 Å². The van der Waals surface area contributed by atoms with Gasteiger partial charge in [-0.3, -0.25) is 0 Å². The van der Waals surface area contributed by atoms with Crippen molar-refractivity contribution in [2.75, 3.05) is 0 Å². The Kier molecular flexibility index (Phi) is 5.86. The topological polar surface area (TPSA) is 27.9 Å². The standard InChI is InChI=1S/C52H31N3O/c1-2-13-33(14-3-1)54-46-21-11-8-18-39(46)40-26-27-47-50(52(40)54)41-25-22-32-12-4-5-15-36(32)51(41)55(47)35-24-29-49-43(31-35)42-30-34(23-28-48(42)56-49)53-44-19-9-6-16-37(44)38-17-7-10-20-45(38)53/h1-31H. The second-order valence-electron chi connectivity index (χ2n) is 14.9. The van der Waals surface area contributed by atoms with Gasteiger partial charge in [-0.05, 0) is 78.2 Å². The lowest BCUT2D eigenvalue weighted by Crippen LogP contribution is -1.95. The molecule has 13 rings (SSSR count). The van der Waals surface area contributed by atoms with Crippen LogP contribution in [-0.2, 0) is 0 Å². The first-order chi connectivity index (χ1) is 27.8. The molecule has 56 heavy (non-hydrogen) atoms. The summed E-state index contributed by atoms with van der Waals surface area (Å²) in [6.07, 6.45) is 0. The zero-order valence-electron chi connectivity index (χ0n) is 30.1. The largest absolute Gasteiger partial charge is 0.456 e. The van der Waals surface area contributed by atoms with E-state index in [1.54, 1.807) is 0 Å². The van der Waals surface area contributed by atoms with Gasteiger partial charge < -0.3 is 18.1 Å². The van der Waals surface area contributed by atoms with Gasteiger partial charge in [0, 0.05) is 65.5 Å². The molecule has 0 unspecified atom stereocenters. The summed E-state index contributed by atoms with van der Waals surface area (Å²) in [5.41, 5.74) is 12.3. The van der Waals surface area contributed by atoms with Crippen molar-refractivity contribution in [3.63, 3.8) is 0 Å². The SMILES string of the molecule is c1ccc(-n2c3ccccc3c3ccc4c(c5ccc6ccccc6c5n4-c4ccc5oc6ccc(-n7c8ccccc8c8ccccc87)cc6c5c4)c32)cc1. The van der Waals surface area contributed by atoms with E-state index in [9.17, 15) is 0 Å². The number of hydrogen-bond acceptors (Lipinski definition) is 1. The molecule has 0 aliphatic heterocycles. The molecular formula is C52H31N3O. The number of para-hydroxylation sites is 4. The molecule has 4 heteroatoms. The van der Waals surface area contributed by atoms with Gasteiger partial charge in [0.2, 0.25) is 0 Å². The molecule has 4 heterocycles. The highest BCUT2D eigenvalue weighted by atomic mass is 16.3. The molecule has 0 spiro atoms. The summed E-state index contributed by atoms with van der Waals surface area (Å²) in [5, 5.41) is 12.1. The lowest BCUT2D eigenvalue weighted by atomic mass is 10.0. The van der Waals surface area contributed by atoms with Crippen LogP contribution in [0, 0.1) is 0 Å². The number of benzene rings is 9. The minimum absolute atomic E-state index is 0.875. The number of aromatic nitrogens is 3. The molecule has 0 fully saturated rings. The van der Waals surface area contributed by atoms with Gasteiger partial charge in [0.15, 0.2) is 0 Å². The number of hydrogen-bond donors (Lipinski definition) is 0. The Labute approximate surface area is 320 Å². The predicted octanol–water partition coefficient (Wildman–Crippen LogP) is 14.0. The molecule has 0 amide bonds. The van der Waals surface area contributed by atoms with Crippen LogP contribution < -0.4 is 0 Å². The van der Waals surface area contributed by atoms with Crippen LogP contribution in [0.4, 0.5) is 0 Å². The van der Waals surface area contributed by atoms with Crippen LogP contribution in [0.1, 0.15) is 0 Å². The first-order valence-corrected chi connectivity index (χ1v) is 19.2. The summed E-state index contributed by atoms with van der Waals surface area (Å²) < 4.78 is 13.9. The highest BCUT2D eigenvalue weighted by Gasteiger charge is 2.23. The first kappa shape index (κ1) is 29.8. The monoisotopic (exact) mass is 713 g/mol. The fourth-order valence-corrected chi connectivity index (χ4v) is 9.66. The lowest BCUT2D eigenvalue weighted by Gasteiger charge is -2.11. The maximum atomic E-state index is 6.55. The van der Waals surface area contributed by atoms with Crippen molar-refractivity contribution in [2.24, 2.45) is 0 Å². The molecule has 260 valence electrons. The molecule has 0 saturated heterocycles. The summed E-state index contributed by atoms with van der Waals surface area (Å²) in [5.74, 6) is 0. The Morgan fingerprint density at radius 2 is 0.804 bits per heavy atom. The van der Waals surface area contributed by atoms with Crippen LogP contribution in [0.2, 0.25) is 0 Å². The Balaban J connectivity index is 1.13. The van der Waals surface area contributed by atoms with Gasteiger partial charge in [0.05, 0.1) is 33.1 Å². The fraction of sp³-hybridized carbons (Fsp3) is 0. The van der Waals surface area contributed by atoms with Gasteiger partial charge in [0.25, 0.3) is 0 Å². The van der Waals surface area contributed by atoms with Crippen molar-refractivity contribution in [3.8, 4) is 17.1 Å². The molecular weight excluding hydrogens is 683 g/mol. The van der Waals surface area contributed by atoms with E-state index >= 15 is 0 Å². The molecule has 0 radical (unpaired) electrons. The average molecular weight is 714 g/mol. The molecule has 13 aromatic rings. The Morgan fingerprint density at radius 3 is 1.48 bits per heavy atom. The lowest BCUT2D eigenvalue weighted by molar-refractivity contribution is 0.669. The van der Waals surface area contributed by atoms with E-state index < -0.39 is 0 Å². The van der Waals surface area contributed by atoms with Gasteiger partial charge in [-0.2, -0.15) is 0 Å². The number of rotatable bonds is 3. The second-order valence-corrected chi connectivity index (χ2v) is 14.9. The molecule has 9 aromatic carbocycles. The third-order valence-corrected chi connectivity index (χ3v) is 12.0. The molecule has 0 aliphatic carbocycles. The van der Waals surface area contributed by atoms with E-state index in [2.05, 4.69) is 202 Å². The van der Waals surface area contributed by atoms with Crippen LogP contribution in [0.3, 0.4) is 0 Å². The van der Waals surface area contributed by atoms with Gasteiger partial charge >= 0.3 is 0 Å². The third-order valence-electron chi connectivity index (χ3n) is 12.0. The summed E-state index contributed by atoms with van der Waals surface area (Å²) >= 11 is 0. The van der Waals surface area contributed by atoms with E-state index in [1.165, 1.54) is 76.2 Å². The molecule has 0 bridgehead atoms. The van der Waals surface area contributed by atoms with Crippen molar-refractivity contribution in [3.05, 3.63) is 188 Å². The Bertz CT molecular complexity index is 3710. The van der Waals surface area contributed by atoms with Gasteiger partial charge in [0.1, 0.15) is 11.2 Å². The smallest absolute Gasteiger partial charge is 0.135 e. The quantitative estimate of drug-likeness (QED) is 0.179. The third kappa shape index (κ3) is 3.92. The first-order valence-electron chi connectivity index (χ1n) is 19.2. The summed E-state index contributed by atoms with van der Waals surface area (Å²) in [6, 6.07) is 68.2. The van der Waals surface area contributed by atoms with Crippen molar-refractivity contribution < 1.29 is 4.42 Å². The molecule has 0 aliphatic rings. The van der Waals surface area contributed by atoms with Crippen LogP contribution >= 0.6 is 0 Å². The van der Waals surface area contributed by atoms with E-state index in [0.717, 1.165) is 39.0 Å². The number of furan rings is 1. The highest BCUT2D eigenvalue weighted by Crippen LogP contribution is 2.44. The zero-order valence-corrected chi connectivity index (χ0v) is 30.1. The van der Waals surface area contributed by atoms with Crippen molar-refractivity contribution >= 4 is 98.1 Å². The average Bonchev–Trinajstić information content (AvgIpc) is 4.00. The van der Waals surface area contributed by atoms with E-state index in [0.29, 0.717) is 0 Å². The fourth-order valence-electron chi connectivity index (χ4n) is 9.66. The number of fused-ring (bicyclic) bond motifs is 15. The number of nitrogens with zero attached hydrogens (tertiary/aromatic N) is 3. The van der Waals surface area contributed by atoms with Gasteiger partial charge in [-0.25, -0.2) is 0 Å². The van der Waals surface area contributed by atoms with Gasteiger partial charge in [-0.15, -0.1) is 0 Å². The van der Waals surface area contributed by atoms with E-state index in [1.807, 2.05) is 0 Å². The Hall–Kier alpha value is -7.56. The molecule has 4 nitrogen and oxygen atoms in total. The van der Waals surface area contributed by atoms with Crippen molar-refractivity contribution in [1.82, 2.24) is 13.7 Å². The van der Waals surface area contributed by atoms with Crippen LogP contribution in [-0.4, -0.2) is 13.7 Å². The van der Waals surface area contributed by atoms with Crippen LogP contribution in [0.5, 0.6) is 0 Å². The molecule has 0 saturated carbocycles. The van der Waals surface area contributed by atoms with Crippen molar-refractivity contribution in [2.45, 2.75) is 0 Å². The molecule has 4 aromatic heterocycles. The van der Waals surface area contributed by atoms with Crippen LogP contribution in [0.25, 0.3) is 115 Å². The maximum Gasteiger partial charge on any atom is 0.135 e. The van der Waals surface area contributed by atoms with Gasteiger partial charge in [-0.1, -0.05) is 115 Å². The molecule has 0 N–H and O–H groups in total. The predicted molar refractivity (Wildman–Crippen MR) is 234 cm³/mol. The summed E-state index contributed by atoms with van der Waals surface area (Å²) in [6.45, 7) is 0.